The zero-order valence-corrected chi connectivity index (χ0v) is 12.2. The van der Waals surface area contributed by atoms with Gasteiger partial charge in [-0.05, 0) is 37.3 Å². The van der Waals surface area contributed by atoms with Crippen LogP contribution in [0.3, 0.4) is 0 Å². The van der Waals surface area contributed by atoms with Crippen molar-refractivity contribution in [2.24, 2.45) is 0 Å². The van der Waals surface area contributed by atoms with E-state index in [1.165, 1.54) is 11.8 Å². The Morgan fingerprint density at radius 3 is 2.71 bits per heavy atom. The minimum absolute atomic E-state index is 0.0148. The molecule has 1 aliphatic rings. The highest BCUT2D eigenvalue weighted by molar-refractivity contribution is 8.00. The molecule has 0 saturated carbocycles. The van der Waals surface area contributed by atoms with E-state index < -0.39 is 0 Å². The van der Waals surface area contributed by atoms with E-state index in [0.717, 1.165) is 10.6 Å². The molecule has 0 fully saturated rings. The molecule has 2 aromatic rings. The van der Waals surface area contributed by atoms with Crippen LogP contribution in [0, 0.1) is 0 Å². The Balaban J connectivity index is 1.80. The fraction of sp³-hybridized carbons (Fsp3) is 0.125. The molecule has 1 heterocycles. The second-order valence-electron chi connectivity index (χ2n) is 4.78. The summed E-state index contributed by atoms with van der Waals surface area (Å²) >= 11 is 1.52. The predicted molar refractivity (Wildman–Crippen MR) is 84.8 cm³/mol. The van der Waals surface area contributed by atoms with Gasteiger partial charge in [0.25, 0.3) is 5.91 Å². The molecule has 1 aliphatic heterocycles. The van der Waals surface area contributed by atoms with Gasteiger partial charge in [0.1, 0.15) is 0 Å². The highest BCUT2D eigenvalue weighted by Gasteiger charge is 2.23. The van der Waals surface area contributed by atoms with Crippen molar-refractivity contribution in [3.8, 4) is 0 Å². The van der Waals surface area contributed by atoms with Gasteiger partial charge in [-0.3, -0.25) is 9.59 Å². The number of fused-ring (bicyclic) bond motifs is 1. The SMILES string of the molecule is CC1Sc2ccc(NC(=O)c3ccccc3)cc2NC1=O. The van der Waals surface area contributed by atoms with E-state index in [4.69, 9.17) is 0 Å². The molecule has 106 valence electrons. The molecule has 5 heteroatoms. The first kappa shape index (κ1) is 13.7. The van der Waals surface area contributed by atoms with Gasteiger partial charge in [-0.1, -0.05) is 18.2 Å². The quantitative estimate of drug-likeness (QED) is 0.893. The van der Waals surface area contributed by atoms with E-state index in [1.807, 2.05) is 37.3 Å². The number of nitrogens with one attached hydrogen (secondary N) is 2. The van der Waals surface area contributed by atoms with Crippen molar-refractivity contribution in [3.63, 3.8) is 0 Å². The predicted octanol–water partition coefficient (Wildman–Crippen LogP) is 3.37. The van der Waals surface area contributed by atoms with Crippen molar-refractivity contribution in [1.29, 1.82) is 0 Å². The fourth-order valence-electron chi connectivity index (χ4n) is 2.08. The molecule has 0 aliphatic carbocycles. The summed E-state index contributed by atoms with van der Waals surface area (Å²) in [6, 6.07) is 14.6. The highest BCUT2D eigenvalue weighted by Crippen LogP contribution is 2.36. The van der Waals surface area contributed by atoms with Crippen molar-refractivity contribution in [2.75, 3.05) is 10.6 Å². The molecule has 2 N–H and O–H groups in total. The number of anilines is 2. The van der Waals surface area contributed by atoms with Crippen LogP contribution in [0.2, 0.25) is 0 Å². The smallest absolute Gasteiger partial charge is 0.255 e. The minimum Gasteiger partial charge on any atom is -0.324 e. The van der Waals surface area contributed by atoms with Gasteiger partial charge in [-0.2, -0.15) is 0 Å². The van der Waals surface area contributed by atoms with Gasteiger partial charge >= 0.3 is 0 Å². The lowest BCUT2D eigenvalue weighted by Crippen LogP contribution is -2.26. The fourth-order valence-corrected chi connectivity index (χ4v) is 3.01. The number of rotatable bonds is 2. The standard InChI is InChI=1S/C16H14N2O2S/c1-10-15(19)18-13-9-12(7-8-14(13)21-10)17-16(20)11-5-3-2-4-6-11/h2-10H,1H3,(H,17,20)(H,18,19). The van der Waals surface area contributed by atoms with Crippen LogP contribution in [0.25, 0.3) is 0 Å². The zero-order chi connectivity index (χ0) is 14.8. The number of carbonyl (C=O) groups is 2. The van der Waals surface area contributed by atoms with Gasteiger partial charge < -0.3 is 10.6 Å². The third-order valence-electron chi connectivity index (χ3n) is 3.20. The first-order chi connectivity index (χ1) is 10.1. The highest BCUT2D eigenvalue weighted by atomic mass is 32.2. The van der Waals surface area contributed by atoms with E-state index in [2.05, 4.69) is 10.6 Å². The molecule has 0 spiro atoms. The second-order valence-corrected chi connectivity index (χ2v) is 6.16. The number of amides is 2. The van der Waals surface area contributed by atoms with Crippen molar-refractivity contribution >= 4 is 35.0 Å². The number of carbonyl (C=O) groups excluding carboxylic acids is 2. The minimum atomic E-state index is -0.168. The maximum Gasteiger partial charge on any atom is 0.255 e. The molecule has 3 rings (SSSR count). The van der Waals surface area contributed by atoms with Crippen molar-refractivity contribution < 1.29 is 9.59 Å². The Labute approximate surface area is 126 Å². The average molecular weight is 298 g/mol. The van der Waals surface area contributed by atoms with Gasteiger partial charge in [-0.15, -0.1) is 11.8 Å². The lowest BCUT2D eigenvalue weighted by Gasteiger charge is -2.21. The summed E-state index contributed by atoms with van der Waals surface area (Å²) in [5.74, 6) is -0.183. The maximum atomic E-state index is 12.1. The summed E-state index contributed by atoms with van der Waals surface area (Å²) in [5.41, 5.74) is 2.01. The van der Waals surface area contributed by atoms with Gasteiger partial charge in [0.2, 0.25) is 5.91 Å². The van der Waals surface area contributed by atoms with Crippen LogP contribution in [-0.2, 0) is 4.79 Å². The average Bonchev–Trinajstić information content (AvgIpc) is 2.49. The number of benzene rings is 2. The van der Waals surface area contributed by atoms with Crippen molar-refractivity contribution in [2.45, 2.75) is 17.1 Å². The Morgan fingerprint density at radius 2 is 1.95 bits per heavy atom. The number of hydrogen-bond acceptors (Lipinski definition) is 3. The lowest BCUT2D eigenvalue weighted by molar-refractivity contribution is -0.115. The summed E-state index contributed by atoms with van der Waals surface area (Å²) in [5, 5.41) is 5.59. The van der Waals surface area contributed by atoms with Gasteiger partial charge in [0, 0.05) is 16.1 Å². The molecule has 2 amide bonds. The van der Waals surface area contributed by atoms with Crippen LogP contribution in [0.4, 0.5) is 11.4 Å². The first-order valence-corrected chi connectivity index (χ1v) is 7.49. The topological polar surface area (TPSA) is 58.2 Å². The van der Waals surface area contributed by atoms with Gasteiger partial charge in [0.05, 0.1) is 10.9 Å². The Morgan fingerprint density at radius 1 is 1.19 bits per heavy atom. The van der Waals surface area contributed by atoms with Gasteiger partial charge in [-0.25, -0.2) is 0 Å². The molecule has 0 saturated heterocycles. The second kappa shape index (κ2) is 5.61. The monoisotopic (exact) mass is 298 g/mol. The van der Waals surface area contributed by atoms with E-state index >= 15 is 0 Å². The molecule has 1 atom stereocenters. The Hall–Kier alpha value is -2.27. The zero-order valence-electron chi connectivity index (χ0n) is 11.4. The van der Waals surface area contributed by atoms with Crippen LogP contribution in [0.5, 0.6) is 0 Å². The third-order valence-corrected chi connectivity index (χ3v) is 4.38. The maximum absolute atomic E-state index is 12.1. The summed E-state index contributed by atoms with van der Waals surface area (Å²) in [6.45, 7) is 1.87. The Kier molecular flexibility index (Phi) is 3.66. The lowest BCUT2D eigenvalue weighted by atomic mass is 10.2. The van der Waals surface area contributed by atoms with E-state index in [1.54, 1.807) is 18.2 Å². The normalized spacial score (nSPS) is 16.8. The molecule has 4 nitrogen and oxygen atoms in total. The molecule has 2 aromatic carbocycles. The molecule has 21 heavy (non-hydrogen) atoms. The molecule has 0 bridgehead atoms. The van der Waals surface area contributed by atoms with Crippen LogP contribution >= 0.6 is 11.8 Å². The number of thioether (sulfide) groups is 1. The molecule has 0 radical (unpaired) electrons. The summed E-state index contributed by atoms with van der Waals surface area (Å²) in [6.07, 6.45) is 0. The summed E-state index contributed by atoms with van der Waals surface area (Å²) in [4.78, 5) is 24.8. The van der Waals surface area contributed by atoms with Crippen LogP contribution in [0.15, 0.2) is 53.4 Å². The van der Waals surface area contributed by atoms with E-state index in [0.29, 0.717) is 11.3 Å². The summed E-state index contributed by atoms with van der Waals surface area (Å²) in [7, 11) is 0. The molecular weight excluding hydrogens is 284 g/mol. The van der Waals surface area contributed by atoms with Crippen molar-refractivity contribution in [3.05, 3.63) is 54.1 Å². The molecule has 1 unspecified atom stereocenters. The number of hydrogen-bond donors (Lipinski definition) is 2. The third kappa shape index (κ3) is 2.92. The van der Waals surface area contributed by atoms with E-state index in [-0.39, 0.29) is 17.1 Å². The van der Waals surface area contributed by atoms with Crippen molar-refractivity contribution in [1.82, 2.24) is 0 Å². The molecular formula is C16H14N2O2S. The van der Waals surface area contributed by atoms with Crippen LogP contribution < -0.4 is 10.6 Å². The van der Waals surface area contributed by atoms with Crippen LogP contribution in [0.1, 0.15) is 17.3 Å². The van der Waals surface area contributed by atoms with E-state index in [9.17, 15) is 9.59 Å². The van der Waals surface area contributed by atoms with Gasteiger partial charge in [0.15, 0.2) is 0 Å². The first-order valence-electron chi connectivity index (χ1n) is 6.61. The molecule has 0 aromatic heterocycles. The summed E-state index contributed by atoms with van der Waals surface area (Å²) < 4.78 is 0. The Bertz CT molecular complexity index is 701. The van der Waals surface area contributed by atoms with Crippen LogP contribution in [-0.4, -0.2) is 17.1 Å². The largest absolute Gasteiger partial charge is 0.324 e.